The molecule has 5 aliphatic rings. The van der Waals surface area contributed by atoms with E-state index in [1.807, 2.05) is 6.92 Å². The van der Waals surface area contributed by atoms with Gasteiger partial charge in [0, 0.05) is 17.8 Å². The van der Waals surface area contributed by atoms with Crippen molar-refractivity contribution in [3.8, 4) is 0 Å². The van der Waals surface area contributed by atoms with Crippen molar-refractivity contribution in [1.29, 1.82) is 0 Å². The van der Waals surface area contributed by atoms with Crippen molar-refractivity contribution in [2.24, 2.45) is 23.7 Å². The zero-order valence-electron chi connectivity index (χ0n) is 31.5. The second-order valence-corrected chi connectivity index (χ2v) is 14.7. The lowest BCUT2D eigenvalue weighted by Crippen LogP contribution is -2.31. The molecule has 7 rings (SSSR count). The maximum Gasteiger partial charge on any atom is 0.0872 e. The average Bonchev–Trinajstić information content (AvgIpc) is 3.17. The summed E-state index contributed by atoms with van der Waals surface area (Å²) in [7, 11) is 0. The first-order chi connectivity index (χ1) is 26.0. The van der Waals surface area contributed by atoms with Crippen LogP contribution in [0.25, 0.3) is 28.5 Å². The van der Waals surface area contributed by atoms with E-state index in [9.17, 15) is 0 Å². The molecular formula is C52H52O. The molecule has 0 amide bonds. The fourth-order valence-corrected chi connectivity index (χ4v) is 8.60. The van der Waals surface area contributed by atoms with Gasteiger partial charge in [0.15, 0.2) is 0 Å². The molecule has 0 saturated heterocycles. The summed E-state index contributed by atoms with van der Waals surface area (Å²) in [6.45, 7) is 15.5. The second-order valence-electron chi connectivity index (χ2n) is 14.7. The Labute approximate surface area is 316 Å². The first kappa shape index (κ1) is 36.1. The highest BCUT2D eigenvalue weighted by atomic mass is 16.5. The molecule has 0 spiro atoms. The van der Waals surface area contributed by atoms with E-state index in [1.165, 1.54) is 60.2 Å². The lowest BCUT2D eigenvalue weighted by atomic mass is 9.71. The van der Waals surface area contributed by atoms with Gasteiger partial charge in [-0.15, -0.1) is 0 Å². The van der Waals surface area contributed by atoms with E-state index in [2.05, 4.69) is 185 Å². The van der Waals surface area contributed by atoms with Crippen LogP contribution in [0.1, 0.15) is 45.6 Å². The molecule has 5 atom stereocenters. The quantitative estimate of drug-likeness (QED) is 0.188. The van der Waals surface area contributed by atoms with Crippen LogP contribution in [-0.4, -0.2) is 12.7 Å². The molecule has 2 aromatic carbocycles. The fourth-order valence-electron chi connectivity index (χ4n) is 8.60. The minimum absolute atomic E-state index is 0.0509. The third kappa shape index (κ3) is 7.78. The number of hydrogen-bond acceptors (Lipinski definition) is 1. The summed E-state index contributed by atoms with van der Waals surface area (Å²) in [5.74, 6) is 1.21. The smallest absolute Gasteiger partial charge is 0.0872 e. The zero-order valence-corrected chi connectivity index (χ0v) is 31.5. The molecule has 1 heteroatoms. The standard InChI is InChI=1S/C52H52O/c1-6-17-37(5)45-28-26-42(46-24-15-25-49-50(46)29-27-41-32-38-20-13-14-21-39(38)34-51(41)49)35-52(45)53-30-16-22-40-33-43-31-36(4)19-11-9-10-12-23-47(43)48(18-7-2)44(40)8-3/h6-11,13-19,21-22,24-29,31-35,38,45,47-48,52H,3,5,12,20,23,30H2,1-2,4H3/b10-9-,17-6-,18-7-,19-11-,22-16+,36-31+/t38?,45?,47-,48?,52?/m1/s1. The van der Waals surface area contributed by atoms with E-state index in [1.54, 1.807) is 0 Å². The van der Waals surface area contributed by atoms with Crippen LogP contribution in [0.2, 0.25) is 0 Å². The summed E-state index contributed by atoms with van der Waals surface area (Å²) in [4.78, 5) is 0. The van der Waals surface area contributed by atoms with Crippen LogP contribution in [0.15, 0.2) is 192 Å². The molecule has 1 nitrogen and oxygen atoms in total. The van der Waals surface area contributed by atoms with Crippen molar-refractivity contribution < 1.29 is 4.74 Å². The highest BCUT2D eigenvalue weighted by molar-refractivity contribution is 5.97. The molecule has 2 aromatic rings. The minimum Gasteiger partial charge on any atom is -0.369 e. The van der Waals surface area contributed by atoms with Crippen molar-refractivity contribution in [1.82, 2.24) is 0 Å². The van der Waals surface area contributed by atoms with Gasteiger partial charge < -0.3 is 4.74 Å². The number of allylic oxidation sites excluding steroid dienone is 22. The highest BCUT2D eigenvalue weighted by Gasteiger charge is 2.29. The molecule has 0 fully saturated rings. The lowest BCUT2D eigenvalue weighted by Gasteiger charge is -2.32. The van der Waals surface area contributed by atoms with Gasteiger partial charge in [-0.05, 0) is 118 Å². The normalized spacial score (nSPS) is 27.5. The van der Waals surface area contributed by atoms with Crippen LogP contribution < -0.4 is 10.4 Å². The zero-order chi connectivity index (χ0) is 36.7. The Balaban J connectivity index is 1.19. The van der Waals surface area contributed by atoms with Crippen molar-refractivity contribution in [3.63, 3.8) is 0 Å². The number of fused-ring (bicyclic) bond motifs is 5. The van der Waals surface area contributed by atoms with Gasteiger partial charge in [-0.1, -0.05) is 165 Å². The molecule has 0 bridgehead atoms. The number of ether oxygens (including phenoxy) is 1. The van der Waals surface area contributed by atoms with E-state index >= 15 is 0 Å². The largest absolute Gasteiger partial charge is 0.369 e. The first-order valence-electron chi connectivity index (χ1n) is 19.3. The van der Waals surface area contributed by atoms with Crippen LogP contribution in [0.3, 0.4) is 0 Å². The Morgan fingerprint density at radius 1 is 0.925 bits per heavy atom. The highest BCUT2D eigenvalue weighted by Crippen LogP contribution is 2.41. The van der Waals surface area contributed by atoms with Gasteiger partial charge in [-0.3, -0.25) is 0 Å². The summed E-state index contributed by atoms with van der Waals surface area (Å²) in [5, 5.41) is 5.20. The van der Waals surface area contributed by atoms with E-state index < -0.39 is 0 Å². The summed E-state index contributed by atoms with van der Waals surface area (Å²) < 4.78 is 6.76. The maximum absolute atomic E-state index is 6.76. The Bertz CT molecular complexity index is 2290. The minimum atomic E-state index is -0.155. The van der Waals surface area contributed by atoms with Crippen LogP contribution in [0.5, 0.6) is 0 Å². The number of benzene rings is 2. The van der Waals surface area contributed by atoms with Crippen LogP contribution in [0, 0.1) is 23.7 Å². The predicted octanol–water partition coefficient (Wildman–Crippen LogP) is 11.6. The Kier molecular flexibility index (Phi) is 11.3. The monoisotopic (exact) mass is 692 g/mol. The molecule has 0 aromatic heterocycles. The molecule has 4 unspecified atom stereocenters. The van der Waals surface area contributed by atoms with E-state index in [0.29, 0.717) is 18.4 Å². The number of hydrogen-bond donors (Lipinski definition) is 0. The topological polar surface area (TPSA) is 9.23 Å². The molecule has 0 N–H and O–H groups in total. The van der Waals surface area contributed by atoms with E-state index in [4.69, 9.17) is 4.74 Å². The predicted molar refractivity (Wildman–Crippen MR) is 229 cm³/mol. The molecule has 266 valence electrons. The summed E-state index contributed by atoms with van der Waals surface area (Å²) >= 11 is 0. The van der Waals surface area contributed by atoms with Gasteiger partial charge in [0.25, 0.3) is 0 Å². The average molecular weight is 693 g/mol. The van der Waals surface area contributed by atoms with Gasteiger partial charge >= 0.3 is 0 Å². The van der Waals surface area contributed by atoms with Gasteiger partial charge in [0.2, 0.25) is 0 Å². The third-order valence-electron chi connectivity index (χ3n) is 11.2. The second kappa shape index (κ2) is 16.6. The Hall–Kier alpha value is -5.24. The molecule has 0 heterocycles. The summed E-state index contributed by atoms with van der Waals surface area (Å²) in [5.41, 5.74) is 9.97. The van der Waals surface area contributed by atoms with Crippen molar-refractivity contribution in [2.45, 2.75) is 46.1 Å². The van der Waals surface area contributed by atoms with Crippen molar-refractivity contribution >= 4 is 28.5 Å². The van der Waals surface area contributed by atoms with Crippen LogP contribution in [0.4, 0.5) is 0 Å². The summed E-state index contributed by atoms with van der Waals surface area (Å²) in [6, 6.07) is 11.3. The van der Waals surface area contributed by atoms with Crippen LogP contribution >= 0.6 is 0 Å². The van der Waals surface area contributed by atoms with E-state index in [0.717, 1.165) is 24.8 Å². The maximum atomic E-state index is 6.76. The van der Waals surface area contributed by atoms with E-state index in [-0.39, 0.29) is 17.9 Å². The first-order valence-corrected chi connectivity index (χ1v) is 19.3. The molecular weight excluding hydrogens is 641 g/mol. The lowest BCUT2D eigenvalue weighted by molar-refractivity contribution is 0.0891. The van der Waals surface area contributed by atoms with Gasteiger partial charge in [0.1, 0.15) is 0 Å². The molecule has 0 radical (unpaired) electrons. The molecule has 53 heavy (non-hydrogen) atoms. The Morgan fingerprint density at radius 3 is 2.68 bits per heavy atom. The summed E-state index contributed by atoms with van der Waals surface area (Å²) in [6.07, 6.45) is 50.2. The van der Waals surface area contributed by atoms with Gasteiger partial charge in [0.05, 0.1) is 12.7 Å². The van der Waals surface area contributed by atoms with Gasteiger partial charge in [-0.25, -0.2) is 0 Å². The molecule has 5 aliphatic carbocycles. The SMILES string of the molecule is C=CC1=C(/C=C/COC2C=C(c3cccc4c5c(ccc34)=CC3CC=CC=C3C=5)C=CC2C(=C)/C=C\C)C=C2/C=C(C)/C=C\C=C/CC[C@H]2C1/C=C\C. The number of rotatable bonds is 9. The molecule has 0 aliphatic heterocycles. The Morgan fingerprint density at radius 2 is 1.83 bits per heavy atom. The van der Waals surface area contributed by atoms with Crippen molar-refractivity contribution in [2.75, 3.05) is 6.61 Å². The van der Waals surface area contributed by atoms with Crippen molar-refractivity contribution in [3.05, 3.63) is 208 Å². The molecule has 0 saturated carbocycles. The van der Waals surface area contributed by atoms with Gasteiger partial charge in [-0.2, -0.15) is 0 Å². The third-order valence-corrected chi connectivity index (χ3v) is 11.2. The fraction of sp³-hybridized carbons (Fsp3) is 0.231. The van der Waals surface area contributed by atoms with Crippen LogP contribution in [-0.2, 0) is 4.74 Å².